The standard InChI is InChI=1S/C9H3F17O/c10-3(11,7(18,19)20)1-27-2(5(14,15)8(21,22)23)4(12,13)6(16,17)9(24,25)26/h2H,1H2. The highest BCUT2D eigenvalue weighted by Crippen LogP contribution is 2.54. The molecule has 0 aromatic heterocycles. The summed E-state index contributed by atoms with van der Waals surface area (Å²) < 4.78 is 212. The number of rotatable bonds is 6. The molecule has 0 rings (SSSR count). The molecule has 0 aromatic carbocycles. The third-order valence-corrected chi connectivity index (χ3v) is 2.66. The van der Waals surface area contributed by atoms with Crippen LogP contribution in [-0.2, 0) is 4.74 Å². The van der Waals surface area contributed by atoms with Gasteiger partial charge in [0.15, 0.2) is 0 Å². The van der Waals surface area contributed by atoms with Crippen LogP contribution in [0.5, 0.6) is 0 Å². The van der Waals surface area contributed by atoms with E-state index in [4.69, 9.17) is 0 Å². The predicted octanol–water partition coefficient (Wildman–Crippen LogP) is 5.60. The van der Waals surface area contributed by atoms with Crippen LogP contribution in [0.2, 0.25) is 0 Å². The molecule has 0 saturated heterocycles. The van der Waals surface area contributed by atoms with Crippen LogP contribution in [0, 0.1) is 0 Å². The molecule has 0 amide bonds. The molecule has 0 radical (unpaired) electrons. The third kappa shape index (κ3) is 4.61. The number of halogens is 17. The summed E-state index contributed by atoms with van der Waals surface area (Å²) in [5.41, 5.74) is 0. The van der Waals surface area contributed by atoms with Gasteiger partial charge in [-0.25, -0.2) is 0 Å². The van der Waals surface area contributed by atoms with E-state index < -0.39 is 54.9 Å². The molecule has 0 saturated carbocycles. The fourth-order valence-electron chi connectivity index (χ4n) is 1.21. The van der Waals surface area contributed by atoms with Crippen molar-refractivity contribution in [1.82, 2.24) is 0 Å². The number of hydrogen-bond acceptors (Lipinski definition) is 1. The van der Waals surface area contributed by atoms with Crippen LogP contribution in [0.3, 0.4) is 0 Å². The maximum atomic E-state index is 13.2. The maximum absolute atomic E-state index is 13.2. The van der Waals surface area contributed by atoms with Crippen LogP contribution < -0.4 is 0 Å². The summed E-state index contributed by atoms with van der Waals surface area (Å²) in [6.45, 7) is -3.84. The Hall–Kier alpha value is -1.23. The van der Waals surface area contributed by atoms with E-state index in [0.717, 1.165) is 0 Å². The van der Waals surface area contributed by atoms with Crippen LogP contribution in [0.4, 0.5) is 74.6 Å². The second-order valence-corrected chi connectivity index (χ2v) is 4.71. The zero-order valence-electron chi connectivity index (χ0n) is 11.6. The molecule has 164 valence electrons. The van der Waals surface area contributed by atoms with Gasteiger partial charge in [-0.1, -0.05) is 0 Å². The fourth-order valence-corrected chi connectivity index (χ4v) is 1.21. The number of alkyl halides is 17. The summed E-state index contributed by atoms with van der Waals surface area (Å²) in [5.74, 6) is -29.2. The molecule has 0 spiro atoms. The molecule has 0 fully saturated rings. The number of hydrogen-bond donors (Lipinski definition) is 0. The van der Waals surface area contributed by atoms with Crippen LogP contribution in [0.15, 0.2) is 0 Å². The zero-order valence-corrected chi connectivity index (χ0v) is 11.6. The van der Waals surface area contributed by atoms with Gasteiger partial charge in [0.25, 0.3) is 0 Å². The third-order valence-electron chi connectivity index (χ3n) is 2.66. The van der Waals surface area contributed by atoms with Crippen molar-refractivity contribution in [2.24, 2.45) is 0 Å². The molecule has 1 atom stereocenters. The van der Waals surface area contributed by atoms with E-state index in [-0.39, 0.29) is 0 Å². The molecule has 0 aromatic rings. The van der Waals surface area contributed by atoms with Gasteiger partial charge in [-0.3, -0.25) is 0 Å². The highest BCUT2D eigenvalue weighted by molar-refractivity contribution is 5.04. The SMILES string of the molecule is FC(F)(F)C(F)(F)COC(C(F)(F)C(F)(F)F)C(F)(F)C(F)(F)C(F)(F)F. The lowest BCUT2D eigenvalue weighted by molar-refractivity contribution is -0.418. The Morgan fingerprint density at radius 1 is 0.481 bits per heavy atom. The Morgan fingerprint density at radius 2 is 0.852 bits per heavy atom. The van der Waals surface area contributed by atoms with Crippen LogP contribution >= 0.6 is 0 Å². The van der Waals surface area contributed by atoms with Crippen molar-refractivity contribution in [3.8, 4) is 0 Å². The minimum atomic E-state index is -7.73. The second kappa shape index (κ2) is 6.68. The average Bonchev–Trinajstić information content (AvgIpc) is 2.33. The molecular weight excluding hydrogens is 447 g/mol. The Bertz CT molecular complexity index is 508. The normalized spacial score (nSPS) is 17.2. The molecule has 1 unspecified atom stereocenters. The lowest BCUT2D eigenvalue weighted by Crippen LogP contribution is -2.66. The van der Waals surface area contributed by atoms with Crippen molar-refractivity contribution in [1.29, 1.82) is 0 Å². The Balaban J connectivity index is 6.27. The van der Waals surface area contributed by atoms with Gasteiger partial charge in [-0.15, -0.1) is 0 Å². The van der Waals surface area contributed by atoms with E-state index in [2.05, 4.69) is 4.74 Å². The highest BCUT2D eigenvalue weighted by Gasteiger charge is 2.83. The Morgan fingerprint density at radius 3 is 1.11 bits per heavy atom. The molecule has 0 N–H and O–H groups in total. The molecule has 0 aliphatic carbocycles. The van der Waals surface area contributed by atoms with E-state index in [9.17, 15) is 74.6 Å². The van der Waals surface area contributed by atoms with Crippen molar-refractivity contribution >= 4 is 0 Å². The second-order valence-electron chi connectivity index (χ2n) is 4.71. The van der Waals surface area contributed by atoms with Gasteiger partial charge in [0, 0.05) is 0 Å². The minimum absolute atomic E-state index is 2.30. The first-order valence-electron chi connectivity index (χ1n) is 5.67. The lowest BCUT2D eigenvalue weighted by Gasteiger charge is -2.38. The summed E-state index contributed by atoms with van der Waals surface area (Å²) in [6.07, 6.45) is -27.8. The zero-order chi connectivity index (χ0) is 22.5. The van der Waals surface area contributed by atoms with Crippen molar-refractivity contribution in [3.05, 3.63) is 0 Å². The van der Waals surface area contributed by atoms with Crippen molar-refractivity contribution in [2.45, 2.75) is 48.3 Å². The Labute approximate surface area is 136 Å². The van der Waals surface area contributed by atoms with Crippen LogP contribution in [0.25, 0.3) is 0 Å². The first kappa shape index (κ1) is 25.8. The molecule has 0 aliphatic heterocycles. The largest absolute Gasteiger partial charge is 0.459 e. The van der Waals surface area contributed by atoms with Gasteiger partial charge in [0.05, 0.1) is 0 Å². The van der Waals surface area contributed by atoms with Crippen LogP contribution in [0.1, 0.15) is 0 Å². The number of ether oxygens (including phenoxy) is 1. The summed E-state index contributed by atoms with van der Waals surface area (Å²) in [4.78, 5) is 0. The summed E-state index contributed by atoms with van der Waals surface area (Å²) >= 11 is 0. The van der Waals surface area contributed by atoms with E-state index in [1.54, 1.807) is 0 Å². The Kier molecular flexibility index (Phi) is 6.38. The van der Waals surface area contributed by atoms with Gasteiger partial charge in [-0.05, 0) is 0 Å². The van der Waals surface area contributed by atoms with Gasteiger partial charge in [-0.2, -0.15) is 74.6 Å². The van der Waals surface area contributed by atoms with E-state index in [1.807, 2.05) is 0 Å². The summed E-state index contributed by atoms with van der Waals surface area (Å²) in [6, 6.07) is 0. The van der Waals surface area contributed by atoms with E-state index >= 15 is 0 Å². The van der Waals surface area contributed by atoms with Crippen molar-refractivity contribution < 1.29 is 79.4 Å². The smallest absolute Gasteiger partial charge is 0.358 e. The van der Waals surface area contributed by atoms with Gasteiger partial charge in [0.1, 0.15) is 6.61 Å². The van der Waals surface area contributed by atoms with Gasteiger partial charge < -0.3 is 4.74 Å². The van der Waals surface area contributed by atoms with Crippen molar-refractivity contribution in [3.63, 3.8) is 0 Å². The van der Waals surface area contributed by atoms with Gasteiger partial charge in [0.2, 0.25) is 6.10 Å². The first-order valence-corrected chi connectivity index (χ1v) is 5.67. The molecule has 0 bridgehead atoms. The van der Waals surface area contributed by atoms with E-state index in [0.29, 0.717) is 0 Å². The van der Waals surface area contributed by atoms with Gasteiger partial charge >= 0.3 is 42.2 Å². The highest BCUT2D eigenvalue weighted by atomic mass is 19.4. The minimum Gasteiger partial charge on any atom is -0.358 e. The average molecular weight is 450 g/mol. The molecular formula is C9H3F17O. The molecule has 1 nitrogen and oxygen atoms in total. The topological polar surface area (TPSA) is 9.23 Å². The summed E-state index contributed by atoms with van der Waals surface area (Å²) in [5, 5.41) is 0. The quantitative estimate of drug-likeness (QED) is 0.479. The predicted molar refractivity (Wildman–Crippen MR) is 47.7 cm³/mol. The fraction of sp³-hybridized carbons (Fsp3) is 1.00. The summed E-state index contributed by atoms with van der Waals surface area (Å²) in [7, 11) is 0. The monoisotopic (exact) mass is 450 g/mol. The first-order chi connectivity index (χ1) is 11.3. The maximum Gasteiger partial charge on any atom is 0.459 e. The molecule has 27 heavy (non-hydrogen) atoms. The van der Waals surface area contributed by atoms with Crippen LogP contribution in [-0.4, -0.2) is 54.9 Å². The van der Waals surface area contributed by atoms with Crippen molar-refractivity contribution in [2.75, 3.05) is 6.61 Å². The molecule has 18 heteroatoms. The lowest BCUT2D eigenvalue weighted by atomic mass is 9.98. The molecule has 0 heterocycles. The molecule has 0 aliphatic rings. The van der Waals surface area contributed by atoms with E-state index in [1.165, 1.54) is 0 Å².